The number of unbranched alkanes of at least 4 members (excludes halogenated alkanes) is 3. The van der Waals surface area contributed by atoms with E-state index in [9.17, 15) is 8.42 Å². The predicted molar refractivity (Wildman–Crippen MR) is 106 cm³/mol. The van der Waals surface area contributed by atoms with Crippen LogP contribution in [-0.2, 0) is 10.0 Å². The van der Waals surface area contributed by atoms with E-state index in [4.69, 9.17) is 11.6 Å². The van der Waals surface area contributed by atoms with Crippen LogP contribution in [0.3, 0.4) is 0 Å². The van der Waals surface area contributed by atoms with Crippen molar-refractivity contribution in [2.45, 2.75) is 44.4 Å². The Morgan fingerprint density at radius 1 is 1.00 bits per heavy atom. The van der Waals surface area contributed by atoms with Gasteiger partial charge in [-0.25, -0.2) is 8.42 Å². The molecular formula is C19H25ClN2O2S. The maximum atomic E-state index is 12.5. The first-order valence-corrected chi connectivity index (χ1v) is 10.4. The minimum atomic E-state index is -3.61. The second kappa shape index (κ2) is 9.11. The molecule has 0 radical (unpaired) electrons. The van der Waals surface area contributed by atoms with Crippen LogP contribution in [0.5, 0.6) is 0 Å². The molecule has 2 rings (SSSR count). The lowest BCUT2D eigenvalue weighted by Gasteiger charge is -2.12. The highest BCUT2D eigenvalue weighted by atomic mass is 35.5. The van der Waals surface area contributed by atoms with E-state index in [0.29, 0.717) is 10.7 Å². The average molecular weight is 381 g/mol. The van der Waals surface area contributed by atoms with E-state index in [1.54, 1.807) is 42.5 Å². The Hall–Kier alpha value is -1.72. The number of rotatable bonds is 9. The fourth-order valence-electron chi connectivity index (χ4n) is 2.43. The molecule has 0 saturated heterocycles. The number of sulfonamides is 1. The Balaban J connectivity index is 2.06. The standard InChI is InChI=1S/C19H25ClN2O2S/c1-3-4-5-6-13-21-19-14-16(9-12-18(19)20)22-25(23,24)17-10-7-15(2)8-11-17/h7-12,14,21-22H,3-6,13H2,1-2H3. The highest BCUT2D eigenvalue weighted by Crippen LogP contribution is 2.27. The molecule has 0 saturated carbocycles. The molecule has 136 valence electrons. The van der Waals surface area contributed by atoms with Crippen LogP contribution in [-0.4, -0.2) is 15.0 Å². The van der Waals surface area contributed by atoms with Crippen LogP contribution >= 0.6 is 11.6 Å². The molecule has 0 spiro atoms. The van der Waals surface area contributed by atoms with Crippen LogP contribution in [0.25, 0.3) is 0 Å². The summed E-state index contributed by atoms with van der Waals surface area (Å²) in [6, 6.07) is 11.8. The van der Waals surface area contributed by atoms with E-state index in [0.717, 1.165) is 24.2 Å². The van der Waals surface area contributed by atoms with Gasteiger partial charge >= 0.3 is 0 Å². The van der Waals surface area contributed by atoms with E-state index in [1.807, 2.05) is 6.92 Å². The molecule has 0 atom stereocenters. The van der Waals surface area contributed by atoms with Gasteiger partial charge in [-0.05, 0) is 43.7 Å². The summed E-state index contributed by atoms with van der Waals surface area (Å²) in [5.41, 5.74) is 2.24. The number of hydrogen-bond donors (Lipinski definition) is 2. The molecule has 2 aromatic rings. The first kappa shape index (κ1) is 19.6. The zero-order chi connectivity index (χ0) is 18.3. The van der Waals surface area contributed by atoms with Crippen molar-refractivity contribution < 1.29 is 8.42 Å². The van der Waals surface area contributed by atoms with Crippen molar-refractivity contribution >= 4 is 33.0 Å². The third kappa shape index (κ3) is 5.94. The summed E-state index contributed by atoms with van der Waals surface area (Å²) in [6.07, 6.45) is 4.63. The Kier molecular flexibility index (Phi) is 7.14. The van der Waals surface area contributed by atoms with Crippen molar-refractivity contribution in [3.05, 3.63) is 53.1 Å². The van der Waals surface area contributed by atoms with Crippen LogP contribution < -0.4 is 10.0 Å². The lowest BCUT2D eigenvalue weighted by atomic mass is 10.2. The lowest BCUT2D eigenvalue weighted by molar-refractivity contribution is 0.601. The molecule has 0 aliphatic rings. The lowest BCUT2D eigenvalue weighted by Crippen LogP contribution is -2.13. The van der Waals surface area contributed by atoms with E-state index < -0.39 is 10.0 Å². The molecule has 0 aliphatic carbocycles. The van der Waals surface area contributed by atoms with Gasteiger partial charge in [0.25, 0.3) is 10.0 Å². The zero-order valence-corrected chi connectivity index (χ0v) is 16.3. The fraction of sp³-hybridized carbons (Fsp3) is 0.368. The molecule has 6 heteroatoms. The van der Waals surface area contributed by atoms with E-state index in [2.05, 4.69) is 17.0 Å². The summed E-state index contributed by atoms with van der Waals surface area (Å²) in [5, 5.41) is 3.86. The van der Waals surface area contributed by atoms with Crippen LogP contribution in [0.4, 0.5) is 11.4 Å². The second-order valence-electron chi connectivity index (χ2n) is 6.10. The Morgan fingerprint density at radius 3 is 2.40 bits per heavy atom. The topological polar surface area (TPSA) is 58.2 Å². The summed E-state index contributed by atoms with van der Waals surface area (Å²) < 4.78 is 27.6. The number of benzene rings is 2. The summed E-state index contributed by atoms with van der Waals surface area (Å²) in [5.74, 6) is 0. The van der Waals surface area contributed by atoms with Crippen LogP contribution in [0, 0.1) is 6.92 Å². The van der Waals surface area contributed by atoms with Gasteiger partial charge in [-0.1, -0.05) is 55.5 Å². The van der Waals surface area contributed by atoms with E-state index in [-0.39, 0.29) is 4.90 Å². The largest absolute Gasteiger partial charge is 0.384 e. The monoisotopic (exact) mass is 380 g/mol. The van der Waals surface area contributed by atoms with Crippen molar-refractivity contribution in [3.63, 3.8) is 0 Å². The molecule has 0 bridgehead atoms. The Morgan fingerprint density at radius 2 is 1.72 bits per heavy atom. The SMILES string of the molecule is CCCCCCNc1cc(NS(=O)(=O)c2ccc(C)cc2)ccc1Cl. The molecule has 25 heavy (non-hydrogen) atoms. The van der Waals surface area contributed by atoms with E-state index >= 15 is 0 Å². The first-order chi connectivity index (χ1) is 11.9. The number of aryl methyl sites for hydroxylation is 1. The molecular weight excluding hydrogens is 356 g/mol. The zero-order valence-electron chi connectivity index (χ0n) is 14.7. The van der Waals surface area contributed by atoms with E-state index in [1.165, 1.54) is 19.3 Å². The van der Waals surface area contributed by atoms with Gasteiger partial charge in [-0.3, -0.25) is 4.72 Å². The summed E-state index contributed by atoms with van der Waals surface area (Å²) in [6.45, 7) is 4.91. The maximum Gasteiger partial charge on any atom is 0.261 e. The van der Waals surface area contributed by atoms with Gasteiger partial charge in [0.05, 0.1) is 21.3 Å². The third-order valence-corrected chi connectivity index (χ3v) is 5.62. The first-order valence-electron chi connectivity index (χ1n) is 8.55. The number of hydrogen-bond acceptors (Lipinski definition) is 3. The highest BCUT2D eigenvalue weighted by Gasteiger charge is 2.14. The van der Waals surface area contributed by atoms with Crippen LogP contribution in [0.2, 0.25) is 5.02 Å². The van der Waals surface area contributed by atoms with Gasteiger partial charge in [0.1, 0.15) is 0 Å². The quantitative estimate of drug-likeness (QED) is 0.569. The maximum absolute atomic E-state index is 12.5. The second-order valence-corrected chi connectivity index (χ2v) is 8.19. The van der Waals surface area contributed by atoms with Gasteiger partial charge in [-0.2, -0.15) is 0 Å². The van der Waals surface area contributed by atoms with Crippen molar-refractivity contribution in [2.75, 3.05) is 16.6 Å². The van der Waals surface area contributed by atoms with Crippen molar-refractivity contribution in [3.8, 4) is 0 Å². The van der Waals surface area contributed by atoms with Crippen LogP contribution in [0.15, 0.2) is 47.4 Å². The summed E-state index contributed by atoms with van der Waals surface area (Å²) in [4.78, 5) is 0.238. The third-order valence-electron chi connectivity index (χ3n) is 3.90. The molecule has 2 N–H and O–H groups in total. The fourth-order valence-corrected chi connectivity index (χ4v) is 3.66. The van der Waals surface area contributed by atoms with Gasteiger partial charge in [0.15, 0.2) is 0 Å². The predicted octanol–water partition coefficient (Wildman–Crippen LogP) is 5.44. The van der Waals surface area contributed by atoms with Gasteiger partial charge < -0.3 is 5.32 Å². The smallest absolute Gasteiger partial charge is 0.261 e. The van der Waals surface area contributed by atoms with Crippen LogP contribution in [0.1, 0.15) is 38.2 Å². The molecule has 0 aliphatic heterocycles. The average Bonchev–Trinajstić information content (AvgIpc) is 2.57. The molecule has 0 fully saturated rings. The minimum Gasteiger partial charge on any atom is -0.384 e. The highest BCUT2D eigenvalue weighted by molar-refractivity contribution is 7.92. The summed E-state index contributed by atoms with van der Waals surface area (Å²) in [7, 11) is -3.61. The molecule has 0 amide bonds. The Bertz CT molecular complexity index is 790. The Labute approximate surface area is 155 Å². The molecule has 4 nitrogen and oxygen atoms in total. The molecule has 0 aromatic heterocycles. The minimum absolute atomic E-state index is 0.238. The van der Waals surface area contributed by atoms with Crippen molar-refractivity contribution in [1.29, 1.82) is 0 Å². The molecule has 0 heterocycles. The number of anilines is 2. The molecule has 2 aromatic carbocycles. The van der Waals surface area contributed by atoms with Crippen molar-refractivity contribution in [2.24, 2.45) is 0 Å². The van der Waals surface area contributed by atoms with Gasteiger partial charge in [0, 0.05) is 6.54 Å². The van der Waals surface area contributed by atoms with Crippen molar-refractivity contribution in [1.82, 2.24) is 0 Å². The molecule has 0 unspecified atom stereocenters. The normalized spacial score (nSPS) is 11.3. The summed E-state index contributed by atoms with van der Waals surface area (Å²) >= 11 is 6.20. The van der Waals surface area contributed by atoms with Gasteiger partial charge in [-0.15, -0.1) is 0 Å². The number of nitrogens with one attached hydrogen (secondary N) is 2. The number of halogens is 1. The van der Waals surface area contributed by atoms with Gasteiger partial charge in [0.2, 0.25) is 0 Å².